The van der Waals surface area contributed by atoms with Crippen LogP contribution in [-0.4, -0.2) is 26.8 Å². The van der Waals surface area contributed by atoms with Gasteiger partial charge in [-0.05, 0) is 6.26 Å². The van der Waals surface area contributed by atoms with Gasteiger partial charge >= 0.3 is 0 Å². The number of aromatic amines is 1. The van der Waals surface area contributed by atoms with E-state index in [1.807, 2.05) is 6.26 Å². The van der Waals surface area contributed by atoms with Crippen LogP contribution in [0.4, 0.5) is 0 Å². The molecule has 0 aliphatic heterocycles. The lowest BCUT2D eigenvalue weighted by Gasteiger charge is -1.94. The van der Waals surface area contributed by atoms with E-state index in [2.05, 4.69) is 20.5 Å². The molecule has 0 atom stereocenters. The number of rotatable bonds is 2. The van der Waals surface area contributed by atoms with Crippen molar-refractivity contribution in [1.29, 1.82) is 0 Å². The molecule has 0 aromatic carbocycles. The molecule has 1 rings (SSSR count). The van der Waals surface area contributed by atoms with Crippen LogP contribution in [0.3, 0.4) is 0 Å². The third-order valence-electron chi connectivity index (χ3n) is 1.06. The van der Waals surface area contributed by atoms with Crippen LogP contribution in [0.25, 0.3) is 0 Å². The fourth-order valence-corrected chi connectivity index (χ4v) is 0.734. The molecule has 6 heteroatoms. The lowest BCUT2D eigenvalue weighted by Crippen LogP contribution is -2.10. The van der Waals surface area contributed by atoms with Gasteiger partial charge in [0.25, 0.3) is 0 Å². The Bertz CT molecular complexity index is 267. The molecule has 2 N–H and O–H groups in total. The lowest BCUT2D eigenvalue weighted by atomic mass is 10.5. The highest BCUT2D eigenvalue weighted by atomic mass is 32.2. The number of nitrogens with zero attached hydrogens (tertiary/aromatic N) is 2. The zero-order valence-electron chi connectivity index (χ0n) is 6.44. The number of hydrazone groups is 1. The van der Waals surface area contributed by atoms with Gasteiger partial charge in [-0.25, -0.2) is 4.98 Å². The van der Waals surface area contributed by atoms with E-state index in [4.69, 9.17) is 12.2 Å². The summed E-state index contributed by atoms with van der Waals surface area (Å²) in [6, 6.07) is 0. The molecule has 0 unspecified atom stereocenters. The van der Waals surface area contributed by atoms with E-state index >= 15 is 0 Å². The first kappa shape index (κ1) is 9.21. The lowest BCUT2D eigenvalue weighted by molar-refractivity contribution is 1.07. The first-order valence-corrected chi connectivity index (χ1v) is 4.81. The quantitative estimate of drug-likeness (QED) is 0.424. The van der Waals surface area contributed by atoms with Crippen molar-refractivity contribution in [2.45, 2.75) is 0 Å². The first-order valence-electron chi connectivity index (χ1n) is 3.18. The van der Waals surface area contributed by atoms with Crippen molar-refractivity contribution in [3.8, 4) is 0 Å². The Kier molecular flexibility index (Phi) is 3.75. The second-order valence-electron chi connectivity index (χ2n) is 1.87. The molecule has 64 valence electrons. The number of H-pyrrole nitrogens is 1. The summed E-state index contributed by atoms with van der Waals surface area (Å²) in [6.07, 6.45) is 6.78. The van der Waals surface area contributed by atoms with Gasteiger partial charge in [-0.15, -0.1) is 0 Å². The molecule has 0 fully saturated rings. The van der Waals surface area contributed by atoms with Crippen LogP contribution in [0, 0.1) is 0 Å². The maximum atomic E-state index is 4.86. The summed E-state index contributed by atoms with van der Waals surface area (Å²) < 4.78 is 0.644. The molecule has 0 radical (unpaired) electrons. The Morgan fingerprint density at radius 1 is 1.92 bits per heavy atom. The van der Waals surface area contributed by atoms with E-state index < -0.39 is 0 Å². The summed E-state index contributed by atoms with van der Waals surface area (Å²) in [5, 5.41) is 3.88. The Labute approximate surface area is 79.9 Å². The highest BCUT2D eigenvalue weighted by molar-refractivity contribution is 8.22. The smallest absolute Gasteiger partial charge is 0.153 e. The molecule has 1 aromatic heterocycles. The van der Waals surface area contributed by atoms with Gasteiger partial charge < -0.3 is 4.98 Å². The van der Waals surface area contributed by atoms with Crippen molar-refractivity contribution >= 4 is 34.5 Å². The predicted molar refractivity (Wildman–Crippen MR) is 55.4 cm³/mol. The third-order valence-corrected chi connectivity index (χ3v) is 2.12. The zero-order chi connectivity index (χ0) is 8.81. The molecule has 0 bridgehead atoms. The molecule has 4 nitrogen and oxygen atoms in total. The van der Waals surface area contributed by atoms with Gasteiger partial charge in [0.1, 0.15) is 0 Å². The number of nitrogens with one attached hydrogen (secondary N) is 2. The molecule has 1 aromatic rings. The average Bonchev–Trinajstić information content (AvgIpc) is 2.57. The number of thiocarbonyl (C=S) groups is 1. The summed E-state index contributed by atoms with van der Waals surface area (Å²) in [6.45, 7) is 0. The first-order chi connectivity index (χ1) is 5.83. The number of hydrogen-bond donors (Lipinski definition) is 2. The number of imidazole rings is 1. The van der Waals surface area contributed by atoms with Gasteiger partial charge in [-0.1, -0.05) is 24.0 Å². The second-order valence-corrected chi connectivity index (χ2v) is 3.35. The molecule has 0 spiro atoms. The maximum Gasteiger partial charge on any atom is 0.153 e. The minimum Gasteiger partial charge on any atom is -0.344 e. The molecule has 0 saturated heterocycles. The van der Waals surface area contributed by atoms with Gasteiger partial charge in [0.15, 0.2) is 4.32 Å². The average molecular weight is 200 g/mol. The largest absolute Gasteiger partial charge is 0.344 e. The van der Waals surface area contributed by atoms with Gasteiger partial charge in [0, 0.05) is 0 Å². The van der Waals surface area contributed by atoms with Crippen LogP contribution >= 0.6 is 24.0 Å². The number of hydrogen-bond acceptors (Lipinski definition) is 4. The molecule has 0 aliphatic carbocycles. The van der Waals surface area contributed by atoms with Crippen molar-refractivity contribution in [3.63, 3.8) is 0 Å². The normalized spacial score (nSPS) is 10.4. The maximum absolute atomic E-state index is 4.86. The molecule has 12 heavy (non-hydrogen) atoms. The minimum atomic E-state index is 0.644. The molecular weight excluding hydrogens is 192 g/mol. The van der Waals surface area contributed by atoms with Gasteiger partial charge in [0.2, 0.25) is 0 Å². The van der Waals surface area contributed by atoms with E-state index in [1.54, 1.807) is 18.7 Å². The van der Waals surface area contributed by atoms with Gasteiger partial charge in [0.05, 0.1) is 24.4 Å². The third kappa shape index (κ3) is 3.02. The Morgan fingerprint density at radius 3 is 3.33 bits per heavy atom. The van der Waals surface area contributed by atoms with Crippen molar-refractivity contribution < 1.29 is 0 Å². The molecule has 0 aliphatic rings. The second kappa shape index (κ2) is 4.89. The molecule has 0 saturated carbocycles. The Balaban J connectivity index is 2.37. The SMILES string of the molecule is CSC(=S)NN=Cc1cnc[nH]1. The Hall–Kier alpha value is -0.880. The summed E-state index contributed by atoms with van der Waals surface area (Å²) in [5.41, 5.74) is 3.53. The number of aromatic nitrogens is 2. The summed E-state index contributed by atoms with van der Waals surface area (Å²) in [5.74, 6) is 0. The summed E-state index contributed by atoms with van der Waals surface area (Å²) in [7, 11) is 0. The standard InChI is InChI=1S/C6H8N4S2/c1-12-6(11)10-9-3-5-2-7-4-8-5/h2-4H,1H3,(H,7,8)(H,10,11). The van der Waals surface area contributed by atoms with Crippen molar-refractivity contribution in [2.24, 2.45) is 5.10 Å². The monoisotopic (exact) mass is 200 g/mol. The molecule has 1 heterocycles. The van der Waals surface area contributed by atoms with E-state index in [1.165, 1.54) is 11.8 Å². The summed E-state index contributed by atoms with van der Waals surface area (Å²) in [4.78, 5) is 6.71. The fraction of sp³-hybridized carbons (Fsp3) is 0.167. The van der Waals surface area contributed by atoms with Gasteiger partial charge in [-0.2, -0.15) is 5.10 Å². The highest BCUT2D eigenvalue weighted by Gasteiger charge is 1.88. The Morgan fingerprint density at radius 2 is 2.75 bits per heavy atom. The van der Waals surface area contributed by atoms with Crippen LogP contribution < -0.4 is 5.43 Å². The van der Waals surface area contributed by atoms with Crippen molar-refractivity contribution in [3.05, 3.63) is 18.2 Å². The zero-order valence-corrected chi connectivity index (χ0v) is 8.08. The van der Waals surface area contributed by atoms with Crippen LogP contribution in [0.5, 0.6) is 0 Å². The van der Waals surface area contributed by atoms with E-state index in [-0.39, 0.29) is 0 Å². The molecule has 0 amide bonds. The van der Waals surface area contributed by atoms with Crippen LogP contribution in [0.1, 0.15) is 5.69 Å². The van der Waals surface area contributed by atoms with E-state index in [0.717, 1.165) is 5.69 Å². The van der Waals surface area contributed by atoms with Crippen LogP contribution in [-0.2, 0) is 0 Å². The van der Waals surface area contributed by atoms with E-state index in [0.29, 0.717) is 4.32 Å². The van der Waals surface area contributed by atoms with Crippen molar-refractivity contribution in [2.75, 3.05) is 6.26 Å². The van der Waals surface area contributed by atoms with E-state index in [9.17, 15) is 0 Å². The van der Waals surface area contributed by atoms with Crippen LogP contribution in [0.2, 0.25) is 0 Å². The number of thioether (sulfide) groups is 1. The van der Waals surface area contributed by atoms with Gasteiger partial charge in [-0.3, -0.25) is 5.43 Å². The van der Waals surface area contributed by atoms with Crippen molar-refractivity contribution in [1.82, 2.24) is 15.4 Å². The molecular formula is C6H8N4S2. The minimum absolute atomic E-state index is 0.644. The highest BCUT2D eigenvalue weighted by Crippen LogP contribution is 1.92. The topological polar surface area (TPSA) is 53.1 Å². The predicted octanol–water partition coefficient (Wildman–Crippen LogP) is 0.981. The summed E-state index contributed by atoms with van der Waals surface area (Å²) >= 11 is 6.31. The fourth-order valence-electron chi connectivity index (χ4n) is 0.537. The van der Waals surface area contributed by atoms with Crippen LogP contribution in [0.15, 0.2) is 17.6 Å².